The first kappa shape index (κ1) is 15.6. The first-order valence-electron chi connectivity index (χ1n) is 5.99. The van der Waals surface area contributed by atoms with Crippen LogP contribution in [-0.4, -0.2) is 11.9 Å². The topological polar surface area (TPSA) is 26.3 Å². The number of carbonyl (C=O) groups is 1. The summed E-state index contributed by atoms with van der Waals surface area (Å²) in [6, 6.07) is 6.90. The van der Waals surface area contributed by atoms with E-state index in [4.69, 9.17) is 4.74 Å². The van der Waals surface area contributed by atoms with Crippen molar-refractivity contribution in [3.8, 4) is 5.75 Å². The molecule has 0 aromatic heterocycles. The van der Waals surface area contributed by atoms with E-state index in [1.807, 2.05) is 0 Å². The number of Topliss-reactive ketones (excluding diaryl/α,β-unsaturated/α-hetero) is 1. The summed E-state index contributed by atoms with van der Waals surface area (Å²) in [5, 5.41) is 0. The maximum absolute atomic E-state index is 13.3. The number of ketones is 1. The van der Waals surface area contributed by atoms with Gasteiger partial charge in [-0.1, -0.05) is 0 Å². The Morgan fingerprint density at radius 2 is 1.76 bits per heavy atom. The molecule has 0 saturated heterocycles. The average molecular weight is 359 g/mol. The Kier molecular flexibility index (Phi) is 4.67. The summed E-state index contributed by atoms with van der Waals surface area (Å²) in [4.78, 5) is 12.0. The highest BCUT2D eigenvalue weighted by molar-refractivity contribution is 9.10. The molecule has 2 aromatic rings. The third kappa shape index (κ3) is 3.64. The van der Waals surface area contributed by atoms with E-state index in [1.165, 1.54) is 25.1 Å². The molecule has 2 rings (SSSR count). The van der Waals surface area contributed by atoms with Crippen molar-refractivity contribution >= 4 is 21.7 Å². The van der Waals surface area contributed by atoms with Gasteiger partial charge in [0.2, 0.25) is 5.78 Å². The fourth-order valence-electron chi connectivity index (χ4n) is 1.69. The zero-order valence-electron chi connectivity index (χ0n) is 10.9. The number of hydrogen-bond donors (Lipinski definition) is 0. The predicted octanol–water partition coefficient (Wildman–Crippen LogP) is 4.52. The van der Waals surface area contributed by atoms with Gasteiger partial charge in [-0.05, 0) is 53.2 Å². The van der Waals surface area contributed by atoms with Crippen molar-refractivity contribution in [2.75, 3.05) is 0 Å². The molecule has 1 unspecified atom stereocenters. The minimum atomic E-state index is -1.11. The molecule has 110 valence electrons. The van der Waals surface area contributed by atoms with Crippen molar-refractivity contribution in [2.24, 2.45) is 0 Å². The molecule has 2 aromatic carbocycles. The molecule has 2 nitrogen and oxygen atoms in total. The Morgan fingerprint density at radius 1 is 1.05 bits per heavy atom. The van der Waals surface area contributed by atoms with Gasteiger partial charge >= 0.3 is 0 Å². The molecule has 0 bridgehead atoms. The van der Waals surface area contributed by atoms with Crippen LogP contribution in [0.3, 0.4) is 0 Å². The number of hydrogen-bond acceptors (Lipinski definition) is 2. The van der Waals surface area contributed by atoms with Crippen molar-refractivity contribution in [3.63, 3.8) is 0 Å². The molecule has 1 atom stereocenters. The van der Waals surface area contributed by atoms with E-state index >= 15 is 0 Å². The Balaban J connectivity index is 2.15. The van der Waals surface area contributed by atoms with Gasteiger partial charge in [0.25, 0.3) is 0 Å². The van der Waals surface area contributed by atoms with Crippen LogP contribution in [0.1, 0.15) is 17.3 Å². The van der Waals surface area contributed by atoms with E-state index in [2.05, 4.69) is 15.9 Å². The van der Waals surface area contributed by atoms with Crippen molar-refractivity contribution in [2.45, 2.75) is 13.0 Å². The molecule has 0 N–H and O–H groups in total. The van der Waals surface area contributed by atoms with Gasteiger partial charge in [-0.3, -0.25) is 4.79 Å². The molecule has 0 aliphatic rings. The normalized spacial score (nSPS) is 12.0. The molecule has 0 heterocycles. The summed E-state index contributed by atoms with van der Waals surface area (Å²) in [7, 11) is 0. The van der Waals surface area contributed by atoms with Gasteiger partial charge in [0.1, 0.15) is 11.6 Å². The first-order chi connectivity index (χ1) is 9.88. The maximum Gasteiger partial charge on any atom is 0.203 e. The maximum atomic E-state index is 13.3. The lowest BCUT2D eigenvalue weighted by molar-refractivity contribution is 0.0817. The van der Waals surface area contributed by atoms with Crippen LogP contribution in [0.2, 0.25) is 0 Å². The summed E-state index contributed by atoms with van der Waals surface area (Å²) in [5.74, 6) is -3.03. The number of halogens is 4. The quantitative estimate of drug-likeness (QED) is 0.751. The van der Waals surface area contributed by atoms with E-state index in [0.29, 0.717) is 0 Å². The standard InChI is InChI=1S/C15H10BrF3O2/c1-8(21-10-3-4-11(16)13(18)7-10)15(20)9-2-5-12(17)14(19)6-9/h2-8H,1H3. The second-order valence-corrected chi connectivity index (χ2v) is 5.18. The molecular weight excluding hydrogens is 349 g/mol. The second-order valence-electron chi connectivity index (χ2n) is 4.33. The highest BCUT2D eigenvalue weighted by Crippen LogP contribution is 2.22. The van der Waals surface area contributed by atoms with Crippen LogP contribution in [0.25, 0.3) is 0 Å². The Morgan fingerprint density at radius 3 is 2.38 bits per heavy atom. The molecule has 21 heavy (non-hydrogen) atoms. The molecule has 0 saturated carbocycles. The van der Waals surface area contributed by atoms with Crippen molar-refractivity contribution in [1.82, 2.24) is 0 Å². The summed E-state index contributed by atoms with van der Waals surface area (Å²) in [6.07, 6.45) is -0.963. The molecular formula is C15H10BrF3O2. The molecule has 0 radical (unpaired) electrons. The molecule has 0 fully saturated rings. The third-order valence-electron chi connectivity index (χ3n) is 2.78. The van der Waals surface area contributed by atoms with Crippen LogP contribution in [-0.2, 0) is 0 Å². The van der Waals surface area contributed by atoms with Crippen molar-refractivity contribution in [1.29, 1.82) is 0 Å². The van der Waals surface area contributed by atoms with Gasteiger partial charge in [-0.2, -0.15) is 0 Å². The highest BCUT2D eigenvalue weighted by atomic mass is 79.9. The Labute approximate surface area is 127 Å². The van der Waals surface area contributed by atoms with E-state index in [1.54, 1.807) is 0 Å². The van der Waals surface area contributed by atoms with E-state index in [9.17, 15) is 18.0 Å². The number of ether oxygens (including phenoxy) is 1. The summed E-state index contributed by atoms with van der Waals surface area (Å²) >= 11 is 3.00. The monoisotopic (exact) mass is 358 g/mol. The molecule has 0 amide bonds. The lowest BCUT2D eigenvalue weighted by Gasteiger charge is -2.14. The summed E-state index contributed by atoms with van der Waals surface area (Å²) in [5.41, 5.74) is -0.0148. The fraction of sp³-hybridized carbons (Fsp3) is 0.133. The van der Waals surface area contributed by atoms with Gasteiger partial charge in [0.05, 0.1) is 4.47 Å². The Hall–Kier alpha value is -1.82. The molecule has 0 aliphatic heterocycles. The lowest BCUT2D eigenvalue weighted by Crippen LogP contribution is -2.24. The van der Waals surface area contributed by atoms with E-state index in [-0.39, 0.29) is 15.8 Å². The van der Waals surface area contributed by atoms with Crippen LogP contribution < -0.4 is 4.74 Å². The minimum Gasteiger partial charge on any atom is -0.482 e. The molecule has 0 spiro atoms. The van der Waals surface area contributed by atoms with Gasteiger partial charge in [-0.15, -0.1) is 0 Å². The van der Waals surface area contributed by atoms with Crippen LogP contribution in [0.15, 0.2) is 40.9 Å². The lowest BCUT2D eigenvalue weighted by atomic mass is 10.1. The van der Waals surface area contributed by atoms with Gasteiger partial charge in [-0.25, -0.2) is 13.2 Å². The van der Waals surface area contributed by atoms with Crippen LogP contribution in [0.4, 0.5) is 13.2 Å². The smallest absolute Gasteiger partial charge is 0.203 e. The minimum absolute atomic E-state index is 0.0148. The fourth-order valence-corrected chi connectivity index (χ4v) is 1.94. The van der Waals surface area contributed by atoms with Gasteiger partial charge in [0, 0.05) is 11.6 Å². The first-order valence-corrected chi connectivity index (χ1v) is 6.78. The molecule has 0 aliphatic carbocycles. The van der Waals surface area contributed by atoms with Gasteiger partial charge < -0.3 is 4.74 Å². The van der Waals surface area contributed by atoms with Crippen molar-refractivity contribution < 1.29 is 22.7 Å². The SMILES string of the molecule is CC(Oc1ccc(Br)c(F)c1)C(=O)c1ccc(F)c(F)c1. The summed E-state index contributed by atoms with van der Waals surface area (Å²) in [6.45, 7) is 1.45. The van der Waals surface area contributed by atoms with E-state index in [0.717, 1.165) is 18.2 Å². The van der Waals surface area contributed by atoms with E-state index < -0.39 is 29.3 Å². The predicted molar refractivity (Wildman–Crippen MR) is 74.9 cm³/mol. The largest absolute Gasteiger partial charge is 0.482 e. The zero-order valence-corrected chi connectivity index (χ0v) is 12.5. The average Bonchev–Trinajstić information content (AvgIpc) is 2.45. The number of rotatable bonds is 4. The second kappa shape index (κ2) is 6.30. The number of carbonyl (C=O) groups excluding carboxylic acids is 1. The van der Waals surface area contributed by atoms with Crippen LogP contribution in [0, 0.1) is 17.5 Å². The summed E-state index contributed by atoms with van der Waals surface area (Å²) < 4.78 is 44.9. The van der Waals surface area contributed by atoms with Gasteiger partial charge in [0.15, 0.2) is 17.7 Å². The Bertz CT molecular complexity index is 689. The van der Waals surface area contributed by atoms with Crippen LogP contribution in [0.5, 0.6) is 5.75 Å². The van der Waals surface area contributed by atoms with Crippen LogP contribution >= 0.6 is 15.9 Å². The van der Waals surface area contributed by atoms with Crippen molar-refractivity contribution in [3.05, 3.63) is 63.9 Å². The zero-order chi connectivity index (χ0) is 15.6. The number of benzene rings is 2. The highest BCUT2D eigenvalue weighted by Gasteiger charge is 2.19. The molecule has 6 heteroatoms. The third-order valence-corrected chi connectivity index (χ3v) is 3.42.